The second-order valence-electron chi connectivity index (χ2n) is 2.66. The Bertz CT molecular complexity index is 389. The minimum atomic E-state index is 0.468. The van der Waals surface area contributed by atoms with Gasteiger partial charge in [0.25, 0.3) is 0 Å². The molecule has 1 N–H and O–H groups in total. The van der Waals surface area contributed by atoms with Gasteiger partial charge in [-0.1, -0.05) is 12.6 Å². The number of nitrogens with one attached hydrogen (secondary N) is 1. The number of hydrogen-bond acceptors (Lipinski definition) is 2. The maximum Gasteiger partial charge on any atom is 0.0709 e. The smallest absolute Gasteiger partial charge is 0.0709 e. The molecule has 0 fully saturated rings. The van der Waals surface area contributed by atoms with Crippen LogP contribution in [0.3, 0.4) is 0 Å². The average Bonchev–Trinajstić information content (AvgIpc) is 2.12. The molecule has 1 aliphatic rings. The van der Waals surface area contributed by atoms with E-state index in [0.29, 0.717) is 5.71 Å². The summed E-state index contributed by atoms with van der Waals surface area (Å²) in [5.74, 6) is 0. The number of pyridine rings is 1. The van der Waals surface area contributed by atoms with E-state index in [2.05, 4.69) is 11.6 Å². The largest absolute Gasteiger partial charge is 0.300 e. The van der Waals surface area contributed by atoms with Gasteiger partial charge in [0.2, 0.25) is 0 Å². The summed E-state index contributed by atoms with van der Waals surface area (Å²) in [6, 6.07) is 3.79. The van der Waals surface area contributed by atoms with Crippen molar-refractivity contribution in [2.45, 2.75) is 0 Å². The molecule has 1 aromatic heterocycles. The second kappa shape index (κ2) is 2.41. The van der Waals surface area contributed by atoms with Crippen molar-refractivity contribution < 1.29 is 0 Å². The molecule has 12 heavy (non-hydrogen) atoms. The number of rotatable bonds is 0. The van der Waals surface area contributed by atoms with Crippen molar-refractivity contribution in [1.82, 2.24) is 4.98 Å². The first-order valence-corrected chi connectivity index (χ1v) is 3.70. The Hall–Kier alpha value is -1.70. The van der Waals surface area contributed by atoms with Gasteiger partial charge >= 0.3 is 0 Å². The second-order valence-corrected chi connectivity index (χ2v) is 2.66. The Kier molecular flexibility index (Phi) is 1.40. The van der Waals surface area contributed by atoms with Crippen LogP contribution in [0, 0.1) is 5.41 Å². The van der Waals surface area contributed by atoms with Crippen LogP contribution in [0.25, 0.3) is 11.6 Å². The van der Waals surface area contributed by atoms with Crippen LogP contribution < -0.4 is 0 Å². The van der Waals surface area contributed by atoms with Crippen molar-refractivity contribution in [1.29, 1.82) is 5.41 Å². The molecule has 0 bridgehead atoms. The predicted octanol–water partition coefficient (Wildman–Crippen LogP) is 2.14. The van der Waals surface area contributed by atoms with Crippen molar-refractivity contribution >= 4 is 17.4 Å². The highest BCUT2D eigenvalue weighted by molar-refractivity contribution is 6.30. The van der Waals surface area contributed by atoms with Gasteiger partial charge in [-0.25, -0.2) is 0 Å². The summed E-state index contributed by atoms with van der Waals surface area (Å²) in [4.78, 5) is 4.16. The van der Waals surface area contributed by atoms with Crippen LogP contribution in [-0.4, -0.2) is 10.7 Å². The molecule has 1 aromatic rings. The Labute approximate surface area is 70.8 Å². The lowest BCUT2D eigenvalue weighted by atomic mass is 9.96. The molecule has 58 valence electrons. The zero-order chi connectivity index (χ0) is 8.55. The highest BCUT2D eigenvalue weighted by Crippen LogP contribution is 2.22. The first-order chi connectivity index (χ1) is 5.79. The van der Waals surface area contributed by atoms with Gasteiger partial charge < -0.3 is 5.41 Å². The molecule has 1 heterocycles. The predicted molar refractivity (Wildman–Crippen MR) is 50.0 cm³/mol. The fourth-order valence-corrected chi connectivity index (χ4v) is 1.21. The van der Waals surface area contributed by atoms with E-state index in [1.807, 2.05) is 18.2 Å². The third-order valence-electron chi connectivity index (χ3n) is 1.90. The van der Waals surface area contributed by atoms with Gasteiger partial charge in [0, 0.05) is 17.3 Å². The maximum atomic E-state index is 7.51. The van der Waals surface area contributed by atoms with Gasteiger partial charge in [-0.2, -0.15) is 0 Å². The van der Waals surface area contributed by atoms with Crippen LogP contribution in [0.1, 0.15) is 11.3 Å². The molecule has 2 rings (SSSR count). The van der Waals surface area contributed by atoms with Crippen molar-refractivity contribution in [3.05, 3.63) is 42.2 Å². The first-order valence-electron chi connectivity index (χ1n) is 3.70. The summed E-state index contributed by atoms with van der Waals surface area (Å²) < 4.78 is 0. The van der Waals surface area contributed by atoms with Gasteiger partial charge in [0.15, 0.2) is 0 Å². The highest BCUT2D eigenvalue weighted by atomic mass is 14.7. The van der Waals surface area contributed by atoms with Crippen molar-refractivity contribution in [3.63, 3.8) is 0 Å². The molecular formula is C10H8N2. The lowest BCUT2D eigenvalue weighted by Gasteiger charge is -2.11. The third kappa shape index (κ3) is 0.889. The van der Waals surface area contributed by atoms with Gasteiger partial charge in [-0.3, -0.25) is 4.98 Å². The molecule has 0 amide bonds. The molecule has 0 saturated carbocycles. The SMILES string of the molecule is C=C1C(=N)C=Cc2ncccc21. The van der Waals surface area contributed by atoms with Crippen LogP contribution >= 0.6 is 0 Å². The molecule has 0 atom stereocenters. The van der Waals surface area contributed by atoms with E-state index < -0.39 is 0 Å². The summed E-state index contributed by atoms with van der Waals surface area (Å²) in [5.41, 5.74) is 3.08. The quantitative estimate of drug-likeness (QED) is 0.613. The van der Waals surface area contributed by atoms with Crippen LogP contribution in [-0.2, 0) is 0 Å². The molecule has 0 saturated heterocycles. The van der Waals surface area contributed by atoms with Gasteiger partial charge in [0.1, 0.15) is 0 Å². The molecule has 0 aromatic carbocycles. The molecule has 0 unspecified atom stereocenters. The van der Waals surface area contributed by atoms with Crippen molar-refractivity contribution in [2.24, 2.45) is 0 Å². The molecule has 2 nitrogen and oxygen atoms in total. The number of allylic oxidation sites excluding steroid dienone is 2. The normalized spacial score (nSPS) is 14.7. The zero-order valence-electron chi connectivity index (χ0n) is 6.54. The molecule has 0 aliphatic heterocycles. The van der Waals surface area contributed by atoms with Crippen LogP contribution in [0.4, 0.5) is 0 Å². The Morgan fingerprint density at radius 3 is 3.00 bits per heavy atom. The Morgan fingerprint density at radius 1 is 1.33 bits per heavy atom. The fourth-order valence-electron chi connectivity index (χ4n) is 1.21. The maximum absolute atomic E-state index is 7.51. The van der Waals surface area contributed by atoms with E-state index in [4.69, 9.17) is 5.41 Å². The minimum Gasteiger partial charge on any atom is -0.300 e. The first kappa shape index (κ1) is 6.98. The van der Waals surface area contributed by atoms with E-state index in [0.717, 1.165) is 16.8 Å². The standard InChI is InChI=1S/C10H8N2/c1-7-8-3-2-6-12-10(8)5-4-9(7)11/h2-6,11H,1H2. The summed E-state index contributed by atoms with van der Waals surface area (Å²) in [5, 5.41) is 7.51. The van der Waals surface area contributed by atoms with E-state index in [-0.39, 0.29) is 0 Å². The summed E-state index contributed by atoms with van der Waals surface area (Å²) in [6.45, 7) is 3.82. The number of fused-ring (bicyclic) bond motifs is 1. The molecule has 0 radical (unpaired) electrons. The average molecular weight is 156 g/mol. The number of aromatic nitrogens is 1. The summed E-state index contributed by atoms with van der Waals surface area (Å²) in [7, 11) is 0. The van der Waals surface area contributed by atoms with E-state index in [1.165, 1.54) is 0 Å². The molecule has 1 aliphatic carbocycles. The van der Waals surface area contributed by atoms with Crippen LogP contribution in [0.15, 0.2) is 31.0 Å². The highest BCUT2D eigenvalue weighted by Gasteiger charge is 2.11. The monoisotopic (exact) mass is 156 g/mol. The van der Waals surface area contributed by atoms with Crippen molar-refractivity contribution in [3.8, 4) is 0 Å². The number of hydrogen-bond donors (Lipinski definition) is 1. The lowest BCUT2D eigenvalue weighted by Crippen LogP contribution is -2.03. The Morgan fingerprint density at radius 2 is 2.17 bits per heavy atom. The summed E-state index contributed by atoms with van der Waals surface area (Å²) >= 11 is 0. The van der Waals surface area contributed by atoms with Gasteiger partial charge in [-0.15, -0.1) is 0 Å². The van der Waals surface area contributed by atoms with Gasteiger partial charge in [0.05, 0.1) is 11.4 Å². The van der Waals surface area contributed by atoms with E-state index in [1.54, 1.807) is 12.3 Å². The molecular weight excluding hydrogens is 148 g/mol. The minimum absolute atomic E-state index is 0.468. The number of nitrogens with zero attached hydrogens (tertiary/aromatic N) is 1. The third-order valence-corrected chi connectivity index (χ3v) is 1.90. The van der Waals surface area contributed by atoms with Crippen molar-refractivity contribution in [2.75, 3.05) is 0 Å². The fraction of sp³-hybridized carbons (Fsp3) is 0. The molecule has 0 spiro atoms. The van der Waals surface area contributed by atoms with Gasteiger partial charge in [-0.05, 0) is 18.2 Å². The zero-order valence-corrected chi connectivity index (χ0v) is 6.54. The topological polar surface area (TPSA) is 36.7 Å². The van der Waals surface area contributed by atoms with Crippen LogP contribution in [0.2, 0.25) is 0 Å². The van der Waals surface area contributed by atoms with E-state index in [9.17, 15) is 0 Å². The van der Waals surface area contributed by atoms with Crippen LogP contribution in [0.5, 0.6) is 0 Å². The Balaban J connectivity index is 2.67. The lowest BCUT2D eigenvalue weighted by molar-refractivity contribution is 1.27. The van der Waals surface area contributed by atoms with E-state index >= 15 is 0 Å². The molecule has 2 heteroatoms. The summed E-state index contributed by atoms with van der Waals surface area (Å²) in [6.07, 6.45) is 5.30.